The van der Waals surface area contributed by atoms with Gasteiger partial charge in [0.05, 0.1) is 11.6 Å². The third-order valence-corrected chi connectivity index (χ3v) is 4.23. The largest absolute Gasteiger partial charge is 0.291 e. The van der Waals surface area contributed by atoms with Crippen molar-refractivity contribution in [2.75, 3.05) is 0 Å². The summed E-state index contributed by atoms with van der Waals surface area (Å²) in [6.45, 7) is 2.06. The molecule has 108 valence electrons. The molecule has 0 aliphatic heterocycles. The van der Waals surface area contributed by atoms with Crippen LogP contribution in [-0.4, -0.2) is 9.55 Å². The normalized spacial score (nSPS) is 10.3. The number of hydrogen-bond donors (Lipinski definition) is 0. The van der Waals surface area contributed by atoms with E-state index in [1.54, 1.807) is 23.7 Å². The highest BCUT2D eigenvalue weighted by Gasteiger charge is 2.08. The SMILES string of the molecule is CCCc1cc(=O)n(C)c(SCc2ccccc2C#N)n1. The molecule has 0 aliphatic rings. The van der Waals surface area contributed by atoms with Gasteiger partial charge in [0, 0.05) is 24.6 Å². The molecule has 2 rings (SSSR count). The molecule has 0 atom stereocenters. The number of aryl methyl sites for hydroxylation is 1. The molecule has 0 radical (unpaired) electrons. The van der Waals surface area contributed by atoms with Gasteiger partial charge in [0.25, 0.3) is 5.56 Å². The highest BCUT2D eigenvalue weighted by molar-refractivity contribution is 7.98. The molecule has 0 saturated heterocycles. The molecule has 0 aliphatic carbocycles. The van der Waals surface area contributed by atoms with Crippen molar-refractivity contribution in [3.63, 3.8) is 0 Å². The van der Waals surface area contributed by atoms with Crippen LogP contribution in [0.15, 0.2) is 40.3 Å². The summed E-state index contributed by atoms with van der Waals surface area (Å²) >= 11 is 1.48. The van der Waals surface area contributed by atoms with Gasteiger partial charge in [-0.2, -0.15) is 5.26 Å². The first-order valence-electron chi connectivity index (χ1n) is 6.83. The third kappa shape index (κ3) is 3.73. The maximum Gasteiger partial charge on any atom is 0.254 e. The fraction of sp³-hybridized carbons (Fsp3) is 0.312. The third-order valence-electron chi connectivity index (χ3n) is 3.15. The van der Waals surface area contributed by atoms with Crippen molar-refractivity contribution >= 4 is 11.8 Å². The Bertz CT molecular complexity index is 731. The quantitative estimate of drug-likeness (QED) is 0.629. The van der Waals surface area contributed by atoms with E-state index >= 15 is 0 Å². The Morgan fingerprint density at radius 3 is 2.86 bits per heavy atom. The summed E-state index contributed by atoms with van der Waals surface area (Å²) in [5.41, 5.74) is 2.42. The van der Waals surface area contributed by atoms with Gasteiger partial charge in [0.1, 0.15) is 0 Å². The molecule has 0 N–H and O–H groups in total. The Kier molecular flexibility index (Phi) is 5.18. The minimum Gasteiger partial charge on any atom is -0.291 e. The number of nitriles is 1. The Morgan fingerprint density at radius 2 is 2.14 bits per heavy atom. The second-order valence-corrected chi connectivity index (χ2v) is 5.68. The van der Waals surface area contributed by atoms with E-state index in [1.807, 2.05) is 18.2 Å². The smallest absolute Gasteiger partial charge is 0.254 e. The first kappa shape index (κ1) is 15.3. The van der Waals surface area contributed by atoms with Crippen molar-refractivity contribution in [2.45, 2.75) is 30.7 Å². The lowest BCUT2D eigenvalue weighted by molar-refractivity contribution is 0.682. The van der Waals surface area contributed by atoms with Gasteiger partial charge in [-0.1, -0.05) is 43.3 Å². The van der Waals surface area contributed by atoms with E-state index in [1.165, 1.54) is 11.8 Å². The van der Waals surface area contributed by atoms with E-state index in [0.717, 1.165) is 24.1 Å². The molecule has 0 spiro atoms. The van der Waals surface area contributed by atoms with Crippen molar-refractivity contribution in [3.05, 3.63) is 57.5 Å². The molecule has 4 nitrogen and oxygen atoms in total. The van der Waals surface area contributed by atoms with E-state index in [-0.39, 0.29) is 5.56 Å². The van der Waals surface area contributed by atoms with Crippen molar-refractivity contribution < 1.29 is 0 Å². The van der Waals surface area contributed by atoms with Gasteiger partial charge in [-0.25, -0.2) is 4.98 Å². The Morgan fingerprint density at radius 1 is 1.38 bits per heavy atom. The van der Waals surface area contributed by atoms with Crippen LogP contribution in [-0.2, 0) is 19.2 Å². The number of benzene rings is 1. The minimum absolute atomic E-state index is 0.0375. The van der Waals surface area contributed by atoms with Crippen LogP contribution in [0.3, 0.4) is 0 Å². The maximum atomic E-state index is 11.9. The molecule has 2 aromatic rings. The summed E-state index contributed by atoms with van der Waals surface area (Å²) in [6, 6.07) is 11.3. The van der Waals surface area contributed by atoms with E-state index in [2.05, 4.69) is 18.0 Å². The number of nitrogens with zero attached hydrogens (tertiary/aromatic N) is 3. The van der Waals surface area contributed by atoms with Gasteiger partial charge in [-0.15, -0.1) is 0 Å². The maximum absolute atomic E-state index is 11.9. The van der Waals surface area contributed by atoms with Gasteiger partial charge in [-0.3, -0.25) is 9.36 Å². The van der Waals surface area contributed by atoms with E-state index in [4.69, 9.17) is 5.26 Å². The molecular weight excluding hydrogens is 282 g/mol. The molecule has 0 saturated carbocycles. The fourth-order valence-corrected chi connectivity index (χ4v) is 2.98. The molecule has 0 unspecified atom stereocenters. The molecular formula is C16H17N3OS. The molecule has 1 aromatic carbocycles. The topological polar surface area (TPSA) is 58.7 Å². The molecule has 0 amide bonds. The number of thioether (sulfide) groups is 1. The van der Waals surface area contributed by atoms with Crippen molar-refractivity contribution in [2.24, 2.45) is 7.05 Å². The van der Waals surface area contributed by atoms with Gasteiger partial charge in [0.2, 0.25) is 0 Å². The molecule has 5 heteroatoms. The zero-order valence-electron chi connectivity index (χ0n) is 12.2. The first-order valence-corrected chi connectivity index (χ1v) is 7.82. The van der Waals surface area contributed by atoms with E-state index in [9.17, 15) is 4.79 Å². The van der Waals surface area contributed by atoms with Crippen LogP contribution in [0, 0.1) is 11.3 Å². The summed E-state index contributed by atoms with van der Waals surface area (Å²) in [4.78, 5) is 16.5. The van der Waals surface area contributed by atoms with Gasteiger partial charge in [0.15, 0.2) is 5.16 Å². The minimum atomic E-state index is -0.0375. The second kappa shape index (κ2) is 7.09. The van der Waals surface area contributed by atoms with Gasteiger partial charge >= 0.3 is 0 Å². The highest BCUT2D eigenvalue weighted by atomic mass is 32.2. The number of rotatable bonds is 5. The zero-order chi connectivity index (χ0) is 15.2. The Hall–Kier alpha value is -2.06. The van der Waals surface area contributed by atoms with Crippen molar-refractivity contribution in [3.8, 4) is 6.07 Å². The van der Waals surface area contributed by atoms with Gasteiger partial charge < -0.3 is 0 Å². The Labute approximate surface area is 128 Å². The summed E-state index contributed by atoms with van der Waals surface area (Å²) in [5.74, 6) is 0.625. The van der Waals surface area contributed by atoms with Crippen LogP contribution in [0.1, 0.15) is 30.2 Å². The lowest BCUT2D eigenvalue weighted by atomic mass is 10.1. The molecule has 0 bridgehead atoms. The van der Waals surface area contributed by atoms with Gasteiger partial charge in [-0.05, 0) is 18.1 Å². The van der Waals surface area contributed by atoms with Crippen LogP contribution in [0.2, 0.25) is 0 Å². The molecule has 21 heavy (non-hydrogen) atoms. The summed E-state index contributed by atoms with van der Waals surface area (Å²) in [5, 5.41) is 9.79. The average molecular weight is 299 g/mol. The van der Waals surface area contributed by atoms with Crippen molar-refractivity contribution in [1.82, 2.24) is 9.55 Å². The van der Waals surface area contributed by atoms with Crippen LogP contribution in [0.25, 0.3) is 0 Å². The molecule has 1 heterocycles. The van der Waals surface area contributed by atoms with Crippen LogP contribution in [0.4, 0.5) is 0 Å². The number of hydrogen-bond acceptors (Lipinski definition) is 4. The molecule has 1 aromatic heterocycles. The summed E-state index contributed by atoms with van der Waals surface area (Å²) < 4.78 is 1.55. The average Bonchev–Trinajstić information content (AvgIpc) is 2.50. The lowest BCUT2D eigenvalue weighted by Gasteiger charge is -2.09. The standard InChI is InChI=1S/C16H17N3OS/c1-3-6-14-9-15(20)19(2)16(18-14)21-11-13-8-5-4-7-12(13)10-17/h4-5,7-9H,3,6,11H2,1-2H3. The number of aromatic nitrogens is 2. The highest BCUT2D eigenvalue weighted by Crippen LogP contribution is 2.22. The first-order chi connectivity index (χ1) is 10.2. The monoisotopic (exact) mass is 299 g/mol. The summed E-state index contributed by atoms with van der Waals surface area (Å²) in [7, 11) is 1.73. The van der Waals surface area contributed by atoms with Crippen LogP contribution >= 0.6 is 11.8 Å². The lowest BCUT2D eigenvalue weighted by Crippen LogP contribution is -2.20. The summed E-state index contributed by atoms with van der Waals surface area (Å²) in [6.07, 6.45) is 1.76. The van der Waals surface area contributed by atoms with E-state index < -0.39 is 0 Å². The zero-order valence-corrected chi connectivity index (χ0v) is 13.0. The predicted molar refractivity (Wildman–Crippen MR) is 84.2 cm³/mol. The Balaban J connectivity index is 2.24. The van der Waals surface area contributed by atoms with E-state index in [0.29, 0.717) is 16.5 Å². The molecule has 0 fully saturated rings. The fourth-order valence-electron chi connectivity index (χ4n) is 1.97. The van der Waals surface area contributed by atoms with Crippen LogP contribution in [0.5, 0.6) is 0 Å². The van der Waals surface area contributed by atoms with Crippen molar-refractivity contribution in [1.29, 1.82) is 5.26 Å². The van der Waals surface area contributed by atoms with Crippen LogP contribution < -0.4 is 5.56 Å². The predicted octanol–water partition coefficient (Wildman–Crippen LogP) is 2.90. The second-order valence-electron chi connectivity index (χ2n) is 4.73.